The Labute approximate surface area is 132 Å². The number of amides is 1. The predicted octanol–water partition coefficient (Wildman–Crippen LogP) is 2.64. The predicted molar refractivity (Wildman–Crippen MR) is 87.4 cm³/mol. The van der Waals surface area contributed by atoms with E-state index >= 15 is 0 Å². The van der Waals surface area contributed by atoms with Crippen molar-refractivity contribution in [2.24, 2.45) is 0 Å². The number of nitrogens with one attached hydrogen (secondary N) is 1. The van der Waals surface area contributed by atoms with E-state index in [1.807, 2.05) is 6.92 Å². The van der Waals surface area contributed by atoms with Crippen LogP contribution in [0.5, 0.6) is 0 Å². The van der Waals surface area contributed by atoms with Gasteiger partial charge in [0.2, 0.25) is 5.91 Å². The van der Waals surface area contributed by atoms with Gasteiger partial charge in [-0.1, -0.05) is 23.8 Å². The van der Waals surface area contributed by atoms with Crippen molar-refractivity contribution in [2.45, 2.75) is 50.0 Å². The lowest BCUT2D eigenvalue weighted by Gasteiger charge is -2.20. The number of sulfone groups is 1. The number of carbonyl (C=O) groups excluding carboxylic acids is 1. The van der Waals surface area contributed by atoms with E-state index in [-0.39, 0.29) is 23.3 Å². The summed E-state index contributed by atoms with van der Waals surface area (Å²) in [6, 6.07) is 6.56. The van der Waals surface area contributed by atoms with E-state index in [2.05, 4.69) is 11.4 Å². The van der Waals surface area contributed by atoms with Crippen LogP contribution in [0, 0.1) is 0 Å². The van der Waals surface area contributed by atoms with Crippen LogP contribution in [0.25, 0.3) is 0 Å². The molecule has 1 aromatic rings. The van der Waals surface area contributed by atoms with Crippen molar-refractivity contribution >= 4 is 15.7 Å². The van der Waals surface area contributed by atoms with Gasteiger partial charge < -0.3 is 5.32 Å². The Balaban J connectivity index is 1.93. The highest BCUT2D eigenvalue weighted by Crippen LogP contribution is 2.20. The minimum atomic E-state index is -3.19. The van der Waals surface area contributed by atoms with Crippen LogP contribution in [0.3, 0.4) is 0 Å². The normalized spacial score (nSPS) is 16.7. The van der Waals surface area contributed by atoms with Gasteiger partial charge in [0.05, 0.1) is 11.3 Å². The molecule has 0 saturated carbocycles. The summed E-state index contributed by atoms with van der Waals surface area (Å²) in [5.74, 6) is -0.0360. The van der Waals surface area contributed by atoms with Crippen LogP contribution in [-0.2, 0) is 21.1 Å². The minimum Gasteiger partial charge on any atom is -0.350 e. The van der Waals surface area contributed by atoms with Crippen LogP contribution in [0.4, 0.5) is 0 Å². The van der Waals surface area contributed by atoms with Gasteiger partial charge >= 0.3 is 0 Å². The van der Waals surface area contributed by atoms with E-state index in [0.717, 1.165) is 18.4 Å². The first-order valence-corrected chi connectivity index (χ1v) is 9.52. The summed E-state index contributed by atoms with van der Waals surface area (Å²) in [6.07, 6.45) is 8.26. The van der Waals surface area contributed by atoms with E-state index in [0.29, 0.717) is 0 Å². The monoisotopic (exact) mass is 321 g/mol. The number of carbonyl (C=O) groups is 1. The summed E-state index contributed by atoms with van der Waals surface area (Å²) in [7, 11) is -3.19. The fourth-order valence-electron chi connectivity index (χ4n) is 2.68. The van der Waals surface area contributed by atoms with Gasteiger partial charge in [0.15, 0.2) is 9.84 Å². The molecule has 0 aromatic heterocycles. The third kappa shape index (κ3) is 4.70. The standard InChI is InChI=1S/C17H23NO3S/c1-13(15-6-4-3-5-7-15)18-17(19)12-14-8-10-16(11-9-14)22(2,20)21/h6,8-11,13H,3-5,7,12H2,1-2H3,(H,18,19). The maximum atomic E-state index is 12.1. The molecule has 0 radical (unpaired) electrons. The number of allylic oxidation sites excluding steroid dienone is 1. The van der Waals surface area contributed by atoms with Crippen molar-refractivity contribution in [1.82, 2.24) is 5.32 Å². The second-order valence-corrected chi connectivity index (χ2v) is 7.92. The third-order valence-electron chi connectivity index (χ3n) is 3.98. The summed E-state index contributed by atoms with van der Waals surface area (Å²) < 4.78 is 22.8. The molecule has 2 rings (SSSR count). The smallest absolute Gasteiger partial charge is 0.224 e. The molecule has 1 aliphatic carbocycles. The molecule has 120 valence electrons. The lowest BCUT2D eigenvalue weighted by atomic mass is 9.94. The first-order valence-electron chi connectivity index (χ1n) is 7.63. The van der Waals surface area contributed by atoms with Gasteiger partial charge in [-0.3, -0.25) is 4.79 Å². The second-order valence-electron chi connectivity index (χ2n) is 5.91. The number of rotatable bonds is 5. The Morgan fingerprint density at radius 3 is 2.45 bits per heavy atom. The lowest BCUT2D eigenvalue weighted by Crippen LogP contribution is -2.35. The first kappa shape index (κ1) is 16.7. The molecule has 5 heteroatoms. The molecule has 0 saturated heterocycles. The van der Waals surface area contributed by atoms with Gasteiger partial charge in [-0.05, 0) is 50.3 Å². The molecule has 1 atom stereocenters. The SMILES string of the molecule is CC(NC(=O)Cc1ccc(S(C)(=O)=O)cc1)C1=CCCCC1. The van der Waals surface area contributed by atoms with E-state index in [1.54, 1.807) is 24.3 Å². The molecule has 0 aliphatic heterocycles. The molecule has 0 heterocycles. The van der Waals surface area contributed by atoms with E-state index in [9.17, 15) is 13.2 Å². The summed E-state index contributed by atoms with van der Waals surface area (Å²) in [5.41, 5.74) is 2.13. The zero-order valence-electron chi connectivity index (χ0n) is 13.1. The Morgan fingerprint density at radius 2 is 1.91 bits per heavy atom. The summed E-state index contributed by atoms with van der Waals surface area (Å²) in [5, 5.41) is 3.02. The maximum Gasteiger partial charge on any atom is 0.224 e. The second kappa shape index (κ2) is 7.09. The minimum absolute atomic E-state index is 0.0360. The van der Waals surface area contributed by atoms with Gasteiger partial charge in [-0.2, -0.15) is 0 Å². The van der Waals surface area contributed by atoms with Crippen molar-refractivity contribution in [3.05, 3.63) is 41.5 Å². The molecule has 0 fully saturated rings. The Morgan fingerprint density at radius 1 is 1.23 bits per heavy atom. The summed E-state index contributed by atoms with van der Waals surface area (Å²) in [6.45, 7) is 2.02. The molecular formula is C17H23NO3S. The van der Waals surface area contributed by atoms with Gasteiger partial charge in [0, 0.05) is 12.3 Å². The zero-order valence-corrected chi connectivity index (χ0v) is 13.9. The van der Waals surface area contributed by atoms with E-state index < -0.39 is 9.84 Å². The molecule has 22 heavy (non-hydrogen) atoms. The molecule has 1 N–H and O–H groups in total. The third-order valence-corrected chi connectivity index (χ3v) is 5.10. The van der Waals surface area contributed by atoms with Crippen LogP contribution in [0.1, 0.15) is 38.2 Å². The van der Waals surface area contributed by atoms with Crippen LogP contribution >= 0.6 is 0 Å². The molecule has 4 nitrogen and oxygen atoms in total. The van der Waals surface area contributed by atoms with E-state index in [1.165, 1.54) is 24.7 Å². The van der Waals surface area contributed by atoms with Crippen LogP contribution < -0.4 is 5.32 Å². The topological polar surface area (TPSA) is 63.2 Å². The van der Waals surface area contributed by atoms with Crippen LogP contribution in [0.15, 0.2) is 40.8 Å². The highest BCUT2D eigenvalue weighted by Gasteiger charge is 2.14. The molecule has 0 bridgehead atoms. The number of benzene rings is 1. The zero-order chi connectivity index (χ0) is 16.2. The maximum absolute atomic E-state index is 12.1. The highest BCUT2D eigenvalue weighted by atomic mass is 32.2. The van der Waals surface area contributed by atoms with Gasteiger partial charge in [-0.25, -0.2) is 8.42 Å². The average molecular weight is 321 g/mol. The molecule has 1 unspecified atom stereocenters. The van der Waals surface area contributed by atoms with Crippen molar-refractivity contribution in [1.29, 1.82) is 0 Å². The van der Waals surface area contributed by atoms with Crippen molar-refractivity contribution in [3.8, 4) is 0 Å². The lowest BCUT2D eigenvalue weighted by molar-refractivity contribution is -0.120. The van der Waals surface area contributed by atoms with Crippen LogP contribution in [0.2, 0.25) is 0 Å². The molecule has 1 aromatic carbocycles. The largest absolute Gasteiger partial charge is 0.350 e. The van der Waals surface area contributed by atoms with Crippen molar-refractivity contribution in [3.63, 3.8) is 0 Å². The molecule has 0 spiro atoms. The van der Waals surface area contributed by atoms with Gasteiger partial charge in [0.25, 0.3) is 0 Å². The Kier molecular flexibility index (Phi) is 5.40. The molecular weight excluding hydrogens is 298 g/mol. The Bertz CT molecular complexity index is 660. The van der Waals surface area contributed by atoms with Gasteiger partial charge in [0.1, 0.15) is 0 Å². The van der Waals surface area contributed by atoms with E-state index in [4.69, 9.17) is 0 Å². The average Bonchev–Trinajstić information content (AvgIpc) is 2.47. The number of hydrogen-bond acceptors (Lipinski definition) is 3. The molecule has 1 aliphatic rings. The summed E-state index contributed by atoms with van der Waals surface area (Å²) >= 11 is 0. The molecule has 1 amide bonds. The van der Waals surface area contributed by atoms with Crippen molar-refractivity contribution < 1.29 is 13.2 Å². The van der Waals surface area contributed by atoms with Crippen LogP contribution in [-0.4, -0.2) is 26.6 Å². The quantitative estimate of drug-likeness (QED) is 0.848. The fourth-order valence-corrected chi connectivity index (χ4v) is 3.31. The summed E-state index contributed by atoms with van der Waals surface area (Å²) in [4.78, 5) is 12.4. The van der Waals surface area contributed by atoms with Crippen molar-refractivity contribution in [2.75, 3.05) is 6.26 Å². The Hall–Kier alpha value is -1.62. The fraction of sp³-hybridized carbons (Fsp3) is 0.471. The van der Waals surface area contributed by atoms with Gasteiger partial charge in [-0.15, -0.1) is 0 Å². The number of hydrogen-bond donors (Lipinski definition) is 1. The first-order chi connectivity index (χ1) is 10.4. The highest BCUT2D eigenvalue weighted by molar-refractivity contribution is 7.90.